The van der Waals surface area contributed by atoms with Crippen LogP contribution in [0.5, 0.6) is 0 Å². The van der Waals surface area contributed by atoms with Gasteiger partial charge < -0.3 is 5.73 Å². The third kappa shape index (κ3) is 2.19. The van der Waals surface area contributed by atoms with E-state index in [4.69, 9.17) is 5.73 Å². The van der Waals surface area contributed by atoms with Crippen LogP contribution < -0.4 is 5.73 Å². The molecule has 0 fully saturated rings. The second kappa shape index (κ2) is 4.43. The fraction of sp³-hybridized carbons (Fsp3) is 0.188. The second-order valence-electron chi connectivity index (χ2n) is 5.04. The summed E-state index contributed by atoms with van der Waals surface area (Å²) in [4.78, 5) is 4.63. The summed E-state index contributed by atoms with van der Waals surface area (Å²) < 4.78 is 1.94. The Morgan fingerprint density at radius 1 is 1.05 bits per heavy atom. The molecule has 3 rings (SSSR count). The number of nitrogens with zero attached hydrogens (tertiary/aromatic N) is 2. The lowest BCUT2D eigenvalue weighted by Crippen LogP contribution is -1.97. The van der Waals surface area contributed by atoms with Crippen LogP contribution in [0.4, 0.5) is 5.82 Å². The van der Waals surface area contributed by atoms with E-state index >= 15 is 0 Å². The van der Waals surface area contributed by atoms with Gasteiger partial charge in [-0.25, -0.2) is 4.98 Å². The lowest BCUT2D eigenvalue weighted by Gasteiger charge is -2.01. The maximum absolute atomic E-state index is 6.17. The summed E-state index contributed by atoms with van der Waals surface area (Å²) in [7, 11) is 0. The number of hydrogen-bond acceptors (Lipinski definition) is 2. The van der Waals surface area contributed by atoms with Crippen molar-refractivity contribution >= 4 is 11.5 Å². The number of benzene rings is 1. The Kier molecular flexibility index (Phi) is 2.75. The normalized spacial score (nSPS) is 11.1. The van der Waals surface area contributed by atoms with Crippen LogP contribution in [0.3, 0.4) is 0 Å². The van der Waals surface area contributed by atoms with Gasteiger partial charge >= 0.3 is 0 Å². The van der Waals surface area contributed by atoms with Gasteiger partial charge in [-0.3, -0.25) is 4.40 Å². The smallest absolute Gasteiger partial charge is 0.138 e. The lowest BCUT2D eigenvalue weighted by atomic mass is 10.1. The number of imidazole rings is 1. The van der Waals surface area contributed by atoms with Gasteiger partial charge in [0.15, 0.2) is 0 Å². The maximum atomic E-state index is 6.17. The molecule has 96 valence electrons. The molecule has 3 nitrogen and oxygen atoms in total. The Morgan fingerprint density at radius 3 is 2.53 bits per heavy atom. The Morgan fingerprint density at radius 2 is 1.79 bits per heavy atom. The molecule has 3 aromatic rings. The molecule has 0 aliphatic carbocycles. The number of aromatic nitrogens is 2. The molecular weight excluding hydrogens is 234 g/mol. The number of anilines is 1. The highest BCUT2D eigenvalue weighted by atomic mass is 15.1. The number of nitrogens with two attached hydrogens (primary N) is 1. The molecule has 0 saturated carbocycles. The third-order valence-electron chi connectivity index (χ3n) is 3.39. The largest absolute Gasteiger partial charge is 0.383 e. The van der Waals surface area contributed by atoms with E-state index in [2.05, 4.69) is 49.2 Å². The van der Waals surface area contributed by atoms with Crippen LogP contribution in [0.15, 0.2) is 42.6 Å². The average molecular weight is 251 g/mol. The Hall–Kier alpha value is -2.29. The summed E-state index contributed by atoms with van der Waals surface area (Å²) in [6, 6.07) is 12.6. The zero-order chi connectivity index (χ0) is 13.4. The van der Waals surface area contributed by atoms with Crippen LogP contribution in [0, 0.1) is 13.8 Å². The highest BCUT2D eigenvalue weighted by Gasteiger charge is 2.09. The molecule has 2 heterocycles. The van der Waals surface area contributed by atoms with Crippen molar-refractivity contribution in [2.45, 2.75) is 20.3 Å². The van der Waals surface area contributed by atoms with Crippen LogP contribution in [-0.4, -0.2) is 9.38 Å². The summed E-state index contributed by atoms with van der Waals surface area (Å²) in [5.41, 5.74) is 11.7. The minimum Gasteiger partial charge on any atom is -0.383 e. The molecule has 1 aromatic carbocycles. The van der Waals surface area contributed by atoms with Crippen molar-refractivity contribution in [1.29, 1.82) is 0 Å². The van der Waals surface area contributed by atoms with Crippen molar-refractivity contribution in [2.24, 2.45) is 0 Å². The van der Waals surface area contributed by atoms with Crippen molar-refractivity contribution in [3.63, 3.8) is 0 Å². The molecular formula is C16H17N3. The van der Waals surface area contributed by atoms with Gasteiger partial charge in [0.2, 0.25) is 0 Å². The third-order valence-corrected chi connectivity index (χ3v) is 3.39. The molecule has 0 spiro atoms. The summed E-state index contributed by atoms with van der Waals surface area (Å²) in [5, 5.41) is 0. The van der Waals surface area contributed by atoms with Crippen molar-refractivity contribution in [3.05, 3.63) is 65.0 Å². The van der Waals surface area contributed by atoms with E-state index in [0.29, 0.717) is 0 Å². The Bertz CT molecular complexity index is 724. The number of nitrogen functional groups attached to an aromatic ring is 1. The molecule has 0 amide bonds. The first-order valence-corrected chi connectivity index (χ1v) is 6.42. The highest BCUT2D eigenvalue weighted by molar-refractivity contribution is 5.54. The highest BCUT2D eigenvalue weighted by Crippen LogP contribution is 2.19. The van der Waals surface area contributed by atoms with Crippen LogP contribution in [-0.2, 0) is 6.42 Å². The SMILES string of the molecule is Cc1ccc(Cc2nc3cc(C)ccn3c2N)cc1. The van der Waals surface area contributed by atoms with Gasteiger partial charge in [0.1, 0.15) is 11.5 Å². The average Bonchev–Trinajstić information content (AvgIpc) is 2.68. The molecule has 0 unspecified atom stereocenters. The summed E-state index contributed by atoms with van der Waals surface area (Å²) in [6.07, 6.45) is 2.75. The van der Waals surface area contributed by atoms with Gasteiger partial charge in [-0.2, -0.15) is 0 Å². The van der Waals surface area contributed by atoms with E-state index in [9.17, 15) is 0 Å². The summed E-state index contributed by atoms with van der Waals surface area (Å²) in [6.45, 7) is 4.15. The first-order chi connectivity index (χ1) is 9.13. The first-order valence-electron chi connectivity index (χ1n) is 6.42. The minimum absolute atomic E-state index is 0.732. The molecule has 0 radical (unpaired) electrons. The van der Waals surface area contributed by atoms with E-state index in [0.717, 1.165) is 23.6 Å². The number of rotatable bonds is 2. The van der Waals surface area contributed by atoms with E-state index < -0.39 is 0 Å². The van der Waals surface area contributed by atoms with Gasteiger partial charge in [-0.15, -0.1) is 0 Å². The summed E-state index contributed by atoms with van der Waals surface area (Å²) >= 11 is 0. The lowest BCUT2D eigenvalue weighted by molar-refractivity contribution is 1.12. The fourth-order valence-electron chi connectivity index (χ4n) is 2.24. The van der Waals surface area contributed by atoms with E-state index in [1.54, 1.807) is 0 Å². The standard InChI is InChI=1S/C16H17N3/c1-11-3-5-13(6-4-11)10-14-16(17)19-8-7-12(2)9-15(19)18-14/h3-9H,10,17H2,1-2H3. The van der Waals surface area contributed by atoms with Gasteiger partial charge in [0.25, 0.3) is 0 Å². The number of aryl methyl sites for hydroxylation is 2. The molecule has 3 heteroatoms. The quantitative estimate of drug-likeness (QED) is 0.760. The zero-order valence-corrected chi connectivity index (χ0v) is 11.2. The van der Waals surface area contributed by atoms with E-state index in [1.807, 2.05) is 16.7 Å². The van der Waals surface area contributed by atoms with Gasteiger partial charge in [0, 0.05) is 12.6 Å². The van der Waals surface area contributed by atoms with Crippen molar-refractivity contribution in [3.8, 4) is 0 Å². The minimum atomic E-state index is 0.732. The molecule has 0 aliphatic heterocycles. The van der Waals surface area contributed by atoms with Gasteiger partial charge in [-0.05, 0) is 37.1 Å². The van der Waals surface area contributed by atoms with Crippen molar-refractivity contribution < 1.29 is 0 Å². The molecule has 0 atom stereocenters. The van der Waals surface area contributed by atoms with Gasteiger partial charge in [-0.1, -0.05) is 29.8 Å². The molecule has 0 bridgehead atoms. The Labute approximate surface area is 112 Å². The number of fused-ring (bicyclic) bond motifs is 1. The predicted octanol–water partition coefficient (Wildman–Crippen LogP) is 3.12. The topological polar surface area (TPSA) is 43.3 Å². The van der Waals surface area contributed by atoms with Crippen LogP contribution >= 0.6 is 0 Å². The number of hydrogen-bond donors (Lipinski definition) is 1. The summed E-state index contributed by atoms with van der Waals surface area (Å²) in [5.74, 6) is 0.732. The molecule has 0 saturated heterocycles. The second-order valence-corrected chi connectivity index (χ2v) is 5.04. The number of pyridine rings is 1. The van der Waals surface area contributed by atoms with Crippen molar-refractivity contribution in [2.75, 3.05) is 5.73 Å². The Balaban J connectivity index is 2.01. The van der Waals surface area contributed by atoms with Crippen LogP contribution in [0.25, 0.3) is 5.65 Å². The zero-order valence-electron chi connectivity index (χ0n) is 11.2. The van der Waals surface area contributed by atoms with Crippen molar-refractivity contribution in [1.82, 2.24) is 9.38 Å². The molecule has 2 N–H and O–H groups in total. The fourth-order valence-corrected chi connectivity index (χ4v) is 2.24. The molecule has 2 aromatic heterocycles. The molecule has 19 heavy (non-hydrogen) atoms. The first kappa shape index (κ1) is 11.8. The van der Waals surface area contributed by atoms with Crippen LogP contribution in [0.2, 0.25) is 0 Å². The monoisotopic (exact) mass is 251 g/mol. The van der Waals surface area contributed by atoms with E-state index in [1.165, 1.54) is 16.7 Å². The van der Waals surface area contributed by atoms with E-state index in [-0.39, 0.29) is 0 Å². The van der Waals surface area contributed by atoms with Crippen LogP contribution in [0.1, 0.15) is 22.4 Å². The predicted molar refractivity (Wildman–Crippen MR) is 78.3 cm³/mol. The molecule has 0 aliphatic rings. The van der Waals surface area contributed by atoms with Gasteiger partial charge in [0.05, 0.1) is 5.69 Å². The maximum Gasteiger partial charge on any atom is 0.138 e.